The van der Waals surface area contributed by atoms with E-state index in [1.165, 1.54) is 37.8 Å². The summed E-state index contributed by atoms with van der Waals surface area (Å²) in [5.74, 6) is 1.58. The Kier molecular flexibility index (Phi) is 8.49. The number of carbonyl (C=O) groups excluding carboxylic acids is 1. The molecule has 1 aliphatic carbocycles. The minimum Gasteiger partial charge on any atom is -0.444 e. The first-order valence-corrected chi connectivity index (χ1v) is 15.3. The molecule has 5 rings (SSSR count). The summed E-state index contributed by atoms with van der Waals surface area (Å²) in [6.45, 7) is 0.138. The minimum atomic E-state index is -0.170. The lowest BCUT2D eigenvalue weighted by Gasteiger charge is -2.21. The van der Waals surface area contributed by atoms with E-state index in [2.05, 4.69) is 21.1 Å². The number of nitriles is 1. The third-order valence-electron chi connectivity index (χ3n) is 7.26. The van der Waals surface area contributed by atoms with Crippen LogP contribution in [0.5, 0.6) is 0 Å². The van der Waals surface area contributed by atoms with E-state index in [4.69, 9.17) is 4.74 Å². The van der Waals surface area contributed by atoms with Crippen LogP contribution in [-0.2, 0) is 16.3 Å². The molecule has 0 unspecified atom stereocenters. The van der Waals surface area contributed by atoms with Gasteiger partial charge >= 0.3 is 5.97 Å². The minimum absolute atomic E-state index is 0.100. The highest BCUT2D eigenvalue weighted by Gasteiger charge is 2.27. The van der Waals surface area contributed by atoms with Crippen molar-refractivity contribution in [3.05, 3.63) is 31.0 Å². The summed E-state index contributed by atoms with van der Waals surface area (Å²) in [5.41, 5.74) is 2.42. The Morgan fingerprint density at radius 1 is 1.25 bits per heavy atom. The molecule has 0 aromatic carbocycles. The van der Waals surface area contributed by atoms with E-state index in [0.717, 1.165) is 53.2 Å². The molecule has 8 nitrogen and oxygen atoms in total. The van der Waals surface area contributed by atoms with E-state index in [9.17, 15) is 10.1 Å². The van der Waals surface area contributed by atoms with E-state index in [1.807, 2.05) is 55.5 Å². The predicted octanol–water partition coefficient (Wildman–Crippen LogP) is 6.15. The maximum atomic E-state index is 12.3. The molecule has 2 aliphatic rings. The number of hydrogen-bond donors (Lipinski definition) is 0. The molecule has 0 radical (unpaired) electrons. The fraction of sp³-hybridized carbons (Fsp3) is 0.577. The van der Waals surface area contributed by atoms with Crippen LogP contribution in [0, 0.1) is 17.2 Å². The highest BCUT2D eigenvalue weighted by molar-refractivity contribution is 8.77. The van der Waals surface area contributed by atoms with Gasteiger partial charge in [0, 0.05) is 40.8 Å². The van der Waals surface area contributed by atoms with Gasteiger partial charge in [0.1, 0.15) is 12.0 Å². The number of unbranched alkanes of at least 4 members (excludes halogenated alkanes) is 1. The van der Waals surface area contributed by atoms with Crippen LogP contribution in [0.4, 0.5) is 0 Å². The highest BCUT2D eigenvalue weighted by Crippen LogP contribution is 2.40. The summed E-state index contributed by atoms with van der Waals surface area (Å²) >= 11 is 0. The Balaban J connectivity index is 1.21. The normalized spacial score (nSPS) is 19.0. The molecule has 10 heteroatoms. The SMILES string of the molecule is N#CC[C@@H](C1CCCC1)n1cc(-c2ncnc3c2ccn3COC(=O)CCCC[C@@H]2CCSS2)cn1. The predicted molar refractivity (Wildman–Crippen MR) is 143 cm³/mol. The van der Waals surface area contributed by atoms with Gasteiger partial charge in [0.15, 0.2) is 6.73 Å². The molecular weight excluding hydrogens is 492 g/mol. The number of esters is 1. The van der Waals surface area contributed by atoms with E-state index in [0.29, 0.717) is 18.8 Å². The second kappa shape index (κ2) is 12.2. The van der Waals surface area contributed by atoms with Crippen LogP contribution in [0.2, 0.25) is 0 Å². The summed E-state index contributed by atoms with van der Waals surface area (Å²) in [5, 5.41) is 15.6. The van der Waals surface area contributed by atoms with Crippen molar-refractivity contribution in [1.82, 2.24) is 24.3 Å². The third-order valence-corrected chi connectivity index (χ3v) is 10.3. The van der Waals surface area contributed by atoms with Crippen LogP contribution < -0.4 is 0 Å². The summed E-state index contributed by atoms with van der Waals surface area (Å²) in [6.07, 6.45) is 17.3. The molecule has 0 amide bonds. The van der Waals surface area contributed by atoms with Crippen molar-refractivity contribution in [2.75, 3.05) is 5.75 Å². The monoisotopic (exact) mass is 524 g/mol. The van der Waals surface area contributed by atoms with Gasteiger partial charge in [0.25, 0.3) is 0 Å². The van der Waals surface area contributed by atoms with Crippen molar-refractivity contribution in [2.45, 2.75) is 82.2 Å². The first-order chi connectivity index (χ1) is 17.7. The maximum Gasteiger partial charge on any atom is 0.307 e. The van der Waals surface area contributed by atoms with Crippen LogP contribution in [-0.4, -0.2) is 41.3 Å². The Morgan fingerprint density at radius 2 is 2.14 bits per heavy atom. The van der Waals surface area contributed by atoms with Crippen LogP contribution in [0.3, 0.4) is 0 Å². The van der Waals surface area contributed by atoms with Crippen LogP contribution in [0.1, 0.15) is 70.3 Å². The molecule has 1 saturated heterocycles. The van der Waals surface area contributed by atoms with Gasteiger partial charge in [-0.3, -0.25) is 14.0 Å². The van der Waals surface area contributed by atoms with Crippen molar-refractivity contribution in [1.29, 1.82) is 5.26 Å². The molecule has 190 valence electrons. The zero-order valence-electron chi connectivity index (χ0n) is 20.4. The lowest BCUT2D eigenvalue weighted by Crippen LogP contribution is -2.17. The summed E-state index contributed by atoms with van der Waals surface area (Å²) < 4.78 is 9.33. The van der Waals surface area contributed by atoms with Gasteiger partial charge < -0.3 is 4.74 Å². The molecule has 3 aromatic rings. The van der Waals surface area contributed by atoms with Gasteiger partial charge in [-0.1, -0.05) is 40.9 Å². The number of nitrogens with zero attached hydrogens (tertiary/aromatic N) is 6. The zero-order chi connectivity index (χ0) is 24.7. The highest BCUT2D eigenvalue weighted by atomic mass is 33.1. The second-order valence-corrected chi connectivity index (χ2v) is 12.4. The molecule has 0 bridgehead atoms. The Labute approximate surface area is 219 Å². The molecule has 2 atom stereocenters. The Hall–Kier alpha value is -2.51. The molecule has 3 aromatic heterocycles. The second-order valence-electron chi connectivity index (χ2n) is 9.65. The first-order valence-electron chi connectivity index (χ1n) is 12.9. The molecule has 1 aliphatic heterocycles. The van der Waals surface area contributed by atoms with Gasteiger partial charge in [-0.15, -0.1) is 0 Å². The van der Waals surface area contributed by atoms with Gasteiger partial charge in [-0.25, -0.2) is 9.97 Å². The van der Waals surface area contributed by atoms with Gasteiger partial charge in [0.2, 0.25) is 0 Å². The van der Waals surface area contributed by atoms with Crippen LogP contribution in [0.25, 0.3) is 22.3 Å². The van der Waals surface area contributed by atoms with Gasteiger partial charge in [-0.2, -0.15) is 10.4 Å². The van der Waals surface area contributed by atoms with Crippen molar-refractivity contribution in [3.63, 3.8) is 0 Å². The Bertz CT molecular complexity index is 1210. The molecule has 2 fully saturated rings. The van der Waals surface area contributed by atoms with E-state index >= 15 is 0 Å². The smallest absolute Gasteiger partial charge is 0.307 e. The van der Waals surface area contributed by atoms with Crippen LogP contribution >= 0.6 is 21.6 Å². The summed E-state index contributed by atoms with van der Waals surface area (Å²) in [4.78, 5) is 21.3. The Morgan fingerprint density at radius 3 is 2.94 bits per heavy atom. The average molecular weight is 525 g/mol. The summed E-state index contributed by atoms with van der Waals surface area (Å²) in [6, 6.07) is 4.40. The number of ether oxygens (including phenoxy) is 1. The largest absolute Gasteiger partial charge is 0.444 e. The fourth-order valence-electron chi connectivity index (χ4n) is 5.31. The van der Waals surface area contributed by atoms with E-state index < -0.39 is 0 Å². The van der Waals surface area contributed by atoms with Crippen molar-refractivity contribution >= 4 is 38.6 Å². The number of fused-ring (bicyclic) bond motifs is 1. The molecule has 36 heavy (non-hydrogen) atoms. The topological polar surface area (TPSA) is 98.6 Å². The molecule has 0 N–H and O–H groups in total. The lowest BCUT2D eigenvalue weighted by molar-refractivity contribution is -0.147. The first kappa shape index (κ1) is 25.2. The fourth-order valence-corrected chi connectivity index (χ4v) is 8.34. The van der Waals surface area contributed by atoms with E-state index in [-0.39, 0.29) is 18.7 Å². The number of hydrogen-bond acceptors (Lipinski definition) is 8. The van der Waals surface area contributed by atoms with E-state index in [1.54, 1.807) is 0 Å². The van der Waals surface area contributed by atoms with Gasteiger partial charge in [0.05, 0.1) is 30.4 Å². The summed E-state index contributed by atoms with van der Waals surface area (Å²) in [7, 11) is 3.95. The molecule has 4 heterocycles. The molecular formula is C26H32N6O2S2. The number of carbonyl (C=O) groups is 1. The standard InChI is InChI=1S/C26H32N6O2S2/c27-12-9-23(19-5-1-2-6-19)32-16-20(15-30-32)25-22-10-13-31(26(22)29-17-28-25)18-34-24(33)8-4-3-7-21-11-14-35-36-21/h10,13,15-17,19,21,23H,1-9,11,14,18H2/t21-,23+/m1/s1. The number of rotatable bonds is 11. The molecule has 1 saturated carbocycles. The van der Waals surface area contributed by atoms with Gasteiger partial charge in [-0.05, 0) is 44.1 Å². The average Bonchev–Trinajstić information content (AvgIpc) is 3.71. The van der Waals surface area contributed by atoms with Crippen molar-refractivity contribution < 1.29 is 9.53 Å². The number of aromatic nitrogens is 5. The zero-order valence-corrected chi connectivity index (χ0v) is 22.1. The lowest BCUT2D eigenvalue weighted by atomic mass is 9.96. The third kappa shape index (κ3) is 5.89. The van der Waals surface area contributed by atoms with Crippen molar-refractivity contribution in [3.8, 4) is 17.3 Å². The molecule has 0 spiro atoms. The van der Waals surface area contributed by atoms with Crippen molar-refractivity contribution in [2.24, 2.45) is 5.92 Å². The van der Waals surface area contributed by atoms with Crippen LogP contribution in [0.15, 0.2) is 31.0 Å². The maximum absolute atomic E-state index is 12.3. The quantitative estimate of drug-likeness (QED) is 0.167.